The molecule has 8 heteroatoms. The van der Waals surface area contributed by atoms with Gasteiger partial charge in [0.05, 0.1) is 23.7 Å². The van der Waals surface area contributed by atoms with Crippen LogP contribution in [0.15, 0.2) is 77.7 Å². The van der Waals surface area contributed by atoms with Gasteiger partial charge in [-0.1, -0.05) is 47.5 Å². The van der Waals surface area contributed by atoms with Crippen LogP contribution in [-0.2, 0) is 10.0 Å². The summed E-state index contributed by atoms with van der Waals surface area (Å²) in [4.78, 5) is 0.193. The van der Waals surface area contributed by atoms with E-state index in [0.717, 1.165) is 29.0 Å². The molecule has 3 aromatic rings. The van der Waals surface area contributed by atoms with E-state index in [4.69, 9.17) is 27.9 Å². The van der Waals surface area contributed by atoms with E-state index in [0.29, 0.717) is 15.7 Å². The van der Waals surface area contributed by atoms with Crippen LogP contribution in [0.25, 0.3) is 0 Å². The van der Waals surface area contributed by atoms with Crippen LogP contribution in [0.3, 0.4) is 0 Å². The SMILES string of the molecule is COc1cccc([C@H]2Nc3ccc(S(=O)(=O)Nc4cc(Cl)cc(Cl)c4)cc3[C@H]3C=CC[C@H]32)c1. The van der Waals surface area contributed by atoms with Gasteiger partial charge in [-0.15, -0.1) is 0 Å². The normalized spacial score (nSPS) is 21.1. The van der Waals surface area contributed by atoms with E-state index in [9.17, 15) is 8.42 Å². The van der Waals surface area contributed by atoms with Crippen molar-refractivity contribution in [2.45, 2.75) is 23.3 Å². The van der Waals surface area contributed by atoms with E-state index >= 15 is 0 Å². The van der Waals surface area contributed by atoms with Gasteiger partial charge in [-0.05, 0) is 72.0 Å². The molecule has 0 amide bonds. The maximum absolute atomic E-state index is 13.1. The number of anilines is 2. The first-order valence-corrected chi connectivity index (χ1v) is 12.8. The molecule has 33 heavy (non-hydrogen) atoms. The summed E-state index contributed by atoms with van der Waals surface area (Å²) in [6, 6.07) is 18.0. The quantitative estimate of drug-likeness (QED) is 0.385. The highest BCUT2D eigenvalue weighted by Gasteiger charge is 2.38. The highest BCUT2D eigenvalue weighted by Crippen LogP contribution is 2.50. The van der Waals surface area contributed by atoms with E-state index in [1.807, 2.05) is 18.2 Å². The van der Waals surface area contributed by atoms with Gasteiger partial charge in [0, 0.05) is 21.7 Å². The number of hydrogen-bond donors (Lipinski definition) is 2. The fourth-order valence-electron chi connectivity index (χ4n) is 4.73. The van der Waals surface area contributed by atoms with Crippen LogP contribution >= 0.6 is 23.2 Å². The van der Waals surface area contributed by atoms with Crippen molar-refractivity contribution in [1.29, 1.82) is 0 Å². The van der Waals surface area contributed by atoms with Crippen LogP contribution in [0.4, 0.5) is 11.4 Å². The molecule has 0 bridgehead atoms. The molecule has 0 saturated carbocycles. The van der Waals surface area contributed by atoms with Crippen molar-refractivity contribution in [3.05, 3.63) is 94.0 Å². The topological polar surface area (TPSA) is 67.4 Å². The Balaban J connectivity index is 1.49. The van der Waals surface area contributed by atoms with Gasteiger partial charge in [0.2, 0.25) is 0 Å². The van der Waals surface area contributed by atoms with Gasteiger partial charge in [-0.3, -0.25) is 4.72 Å². The highest BCUT2D eigenvalue weighted by molar-refractivity contribution is 7.92. The first-order valence-electron chi connectivity index (χ1n) is 10.5. The smallest absolute Gasteiger partial charge is 0.261 e. The lowest BCUT2D eigenvalue weighted by molar-refractivity contribution is 0.406. The Kier molecular flexibility index (Phi) is 5.77. The largest absolute Gasteiger partial charge is 0.497 e. The lowest BCUT2D eigenvalue weighted by atomic mass is 9.77. The summed E-state index contributed by atoms with van der Waals surface area (Å²) in [6.07, 6.45) is 5.26. The molecule has 5 rings (SSSR count). The predicted molar refractivity (Wildman–Crippen MR) is 133 cm³/mol. The second-order valence-electron chi connectivity index (χ2n) is 8.26. The number of hydrogen-bond acceptors (Lipinski definition) is 4. The number of allylic oxidation sites excluding steroid dienone is 2. The summed E-state index contributed by atoms with van der Waals surface area (Å²) in [7, 11) is -2.16. The van der Waals surface area contributed by atoms with Crippen LogP contribution in [0, 0.1) is 5.92 Å². The Hall–Kier alpha value is -2.67. The highest BCUT2D eigenvalue weighted by atomic mass is 35.5. The number of halogens is 2. The first-order chi connectivity index (χ1) is 15.8. The zero-order valence-corrected chi connectivity index (χ0v) is 20.1. The third-order valence-electron chi connectivity index (χ3n) is 6.21. The third kappa shape index (κ3) is 4.31. The van der Waals surface area contributed by atoms with Gasteiger partial charge >= 0.3 is 0 Å². The van der Waals surface area contributed by atoms with Crippen molar-refractivity contribution in [3.8, 4) is 5.75 Å². The molecule has 5 nitrogen and oxygen atoms in total. The van der Waals surface area contributed by atoms with Gasteiger partial charge in [0.15, 0.2) is 0 Å². The van der Waals surface area contributed by atoms with Crippen molar-refractivity contribution in [2.24, 2.45) is 5.92 Å². The molecule has 3 aromatic carbocycles. The molecule has 3 atom stereocenters. The maximum Gasteiger partial charge on any atom is 0.261 e. The fourth-order valence-corrected chi connectivity index (χ4v) is 6.33. The number of sulfonamides is 1. The van der Waals surface area contributed by atoms with Crippen LogP contribution in [0.5, 0.6) is 5.75 Å². The number of ether oxygens (including phenoxy) is 1. The van der Waals surface area contributed by atoms with Gasteiger partial charge in [-0.2, -0.15) is 0 Å². The molecule has 0 radical (unpaired) electrons. The molecule has 1 aliphatic carbocycles. The molecule has 1 aliphatic heterocycles. The van der Waals surface area contributed by atoms with Crippen molar-refractivity contribution in [3.63, 3.8) is 0 Å². The lowest BCUT2D eigenvalue weighted by Crippen LogP contribution is -2.29. The van der Waals surface area contributed by atoms with E-state index in [-0.39, 0.29) is 22.8 Å². The van der Waals surface area contributed by atoms with Crippen LogP contribution in [0.1, 0.15) is 29.5 Å². The predicted octanol–water partition coefficient (Wildman–Crippen LogP) is 6.63. The van der Waals surface area contributed by atoms with Crippen LogP contribution in [-0.4, -0.2) is 15.5 Å². The number of benzene rings is 3. The maximum atomic E-state index is 13.1. The minimum Gasteiger partial charge on any atom is -0.497 e. The molecule has 0 saturated heterocycles. The van der Waals surface area contributed by atoms with E-state index in [2.05, 4.69) is 34.3 Å². The average Bonchev–Trinajstić information content (AvgIpc) is 3.27. The second kappa shape index (κ2) is 8.60. The summed E-state index contributed by atoms with van der Waals surface area (Å²) < 4.78 is 34.2. The Bertz CT molecular complexity index is 1340. The molecular formula is C25H22Cl2N2O3S. The standard InChI is InChI=1S/C25H22Cl2N2O3S/c1-32-19-5-2-4-15(10-19)25-22-7-3-6-21(22)23-14-20(8-9-24(23)28-25)33(30,31)29-18-12-16(26)11-17(27)13-18/h2-6,8-14,21-22,25,28-29H,7H2,1H3/t21-,22+,25+/m0/s1. The van der Waals surface area contributed by atoms with E-state index in [1.165, 1.54) is 12.1 Å². The minimum atomic E-state index is -3.82. The zero-order chi connectivity index (χ0) is 23.2. The Labute approximate surface area is 203 Å². The zero-order valence-electron chi connectivity index (χ0n) is 17.8. The fraction of sp³-hybridized carbons (Fsp3) is 0.200. The van der Waals surface area contributed by atoms with Gasteiger partial charge < -0.3 is 10.1 Å². The molecule has 2 N–H and O–H groups in total. The van der Waals surface area contributed by atoms with Crippen molar-refractivity contribution < 1.29 is 13.2 Å². The molecule has 0 aromatic heterocycles. The van der Waals surface area contributed by atoms with Crippen molar-refractivity contribution in [2.75, 3.05) is 17.1 Å². The Morgan fingerprint density at radius 2 is 1.82 bits per heavy atom. The molecule has 2 aliphatic rings. The summed E-state index contributed by atoms with van der Waals surface area (Å²) in [5.41, 5.74) is 3.37. The third-order valence-corrected chi connectivity index (χ3v) is 8.03. The summed E-state index contributed by atoms with van der Waals surface area (Å²) in [5, 5.41) is 4.35. The van der Waals surface area contributed by atoms with Gasteiger partial charge in [0.25, 0.3) is 10.0 Å². The van der Waals surface area contributed by atoms with Gasteiger partial charge in [-0.25, -0.2) is 8.42 Å². The first kappa shape index (κ1) is 22.1. The monoisotopic (exact) mass is 500 g/mol. The molecule has 1 heterocycles. The minimum absolute atomic E-state index is 0.0989. The van der Waals surface area contributed by atoms with Gasteiger partial charge in [0.1, 0.15) is 5.75 Å². The molecular weight excluding hydrogens is 479 g/mol. The lowest BCUT2D eigenvalue weighted by Gasteiger charge is -2.37. The Morgan fingerprint density at radius 3 is 2.58 bits per heavy atom. The van der Waals surface area contributed by atoms with Crippen molar-refractivity contribution in [1.82, 2.24) is 0 Å². The summed E-state index contributed by atoms with van der Waals surface area (Å²) in [5.74, 6) is 1.21. The second-order valence-corrected chi connectivity index (χ2v) is 10.8. The molecule has 170 valence electrons. The molecule has 0 spiro atoms. The number of rotatable bonds is 5. The molecule has 0 fully saturated rings. The number of fused-ring (bicyclic) bond motifs is 3. The van der Waals surface area contributed by atoms with Crippen LogP contribution in [0.2, 0.25) is 10.0 Å². The Morgan fingerprint density at radius 1 is 1.03 bits per heavy atom. The summed E-state index contributed by atoms with van der Waals surface area (Å²) in [6.45, 7) is 0. The summed E-state index contributed by atoms with van der Waals surface area (Å²) >= 11 is 12.0. The van der Waals surface area contributed by atoms with Crippen LogP contribution < -0.4 is 14.8 Å². The molecule has 0 unspecified atom stereocenters. The van der Waals surface area contributed by atoms with E-state index < -0.39 is 10.0 Å². The van der Waals surface area contributed by atoms with E-state index in [1.54, 1.807) is 25.3 Å². The van der Waals surface area contributed by atoms with Crippen molar-refractivity contribution >= 4 is 44.6 Å². The average molecular weight is 501 g/mol. The number of methoxy groups -OCH3 is 1. The number of nitrogens with one attached hydrogen (secondary N) is 2.